The van der Waals surface area contributed by atoms with Gasteiger partial charge in [0, 0.05) is 108 Å². The van der Waals surface area contributed by atoms with E-state index in [-0.39, 0.29) is 0 Å². The highest BCUT2D eigenvalue weighted by atomic mass is 32.1. The fourth-order valence-electron chi connectivity index (χ4n) is 17.6. The highest BCUT2D eigenvalue weighted by Gasteiger charge is 2.23. The van der Waals surface area contributed by atoms with Crippen LogP contribution >= 0.6 is 11.3 Å². The molecule has 109 heavy (non-hydrogen) atoms. The van der Waals surface area contributed by atoms with Crippen LogP contribution in [-0.4, -0.2) is 18.3 Å². The standard InChI is InChI=1S/C54H32N2OS.C48H30N2O/c1-2-11-36(12-3-1)55-47-18-7-4-13-39(47)40-27-23-34(30-49(40)55)33-21-25-37(26-22-33)56-48-28-24-35(38-16-10-17-43-42-15-6-9-20-53(42)58-54(38)43)29-44(48)45-32-52-46(31-50(45)56)41-14-5-8-19-51(41)57-52;1-2-11-31(12-3-1)33-13-10-14-36(27-33)50-44-19-8-4-15-37(44)40-28-34(23-26-45(40)50)32-21-24-35(25-22-32)49-43-18-7-5-16-38(43)41-30-48-42(29-46(41)49)39-17-6-9-20-47(39)51-48/h1-32H;1-30H. The Morgan fingerprint density at radius 1 is 0.174 bits per heavy atom. The number of nitrogens with zero attached hydrogens (tertiary/aromatic N) is 4. The Morgan fingerprint density at radius 2 is 0.541 bits per heavy atom. The molecular formula is C102H62N4O2S. The fourth-order valence-corrected chi connectivity index (χ4v) is 18.9. The first-order chi connectivity index (χ1) is 54.0. The van der Waals surface area contributed by atoms with Crippen molar-refractivity contribution in [2.75, 3.05) is 0 Å². The summed E-state index contributed by atoms with van der Waals surface area (Å²) in [5.41, 5.74) is 27.4. The number of hydrogen-bond donors (Lipinski definition) is 0. The Balaban J connectivity index is 0.000000132. The highest BCUT2D eigenvalue weighted by molar-refractivity contribution is 7.26. The van der Waals surface area contributed by atoms with Crippen LogP contribution in [0.2, 0.25) is 0 Å². The Hall–Kier alpha value is -14.2. The largest absolute Gasteiger partial charge is 0.456 e. The normalized spacial score (nSPS) is 12.0. The molecule has 0 aliphatic carbocycles. The van der Waals surface area contributed by atoms with E-state index in [0.717, 1.165) is 72.1 Å². The number of thiophene rings is 1. The zero-order valence-corrected chi connectivity index (χ0v) is 59.6. The van der Waals surface area contributed by atoms with Crippen molar-refractivity contribution in [3.8, 4) is 67.3 Å². The van der Waals surface area contributed by atoms with E-state index in [9.17, 15) is 0 Å². The van der Waals surface area contributed by atoms with Crippen molar-refractivity contribution < 1.29 is 8.83 Å². The molecule has 0 fully saturated rings. The number of benzene rings is 17. The van der Waals surface area contributed by atoms with E-state index < -0.39 is 0 Å². The minimum atomic E-state index is 0.906. The molecule has 0 aliphatic heterocycles. The summed E-state index contributed by atoms with van der Waals surface area (Å²) in [6.07, 6.45) is 0. The maximum atomic E-state index is 6.47. The molecule has 7 aromatic heterocycles. The fraction of sp³-hybridized carbons (Fsp3) is 0. The topological polar surface area (TPSA) is 46.0 Å². The first-order valence-corrected chi connectivity index (χ1v) is 38.0. The second kappa shape index (κ2) is 24.2. The van der Waals surface area contributed by atoms with E-state index in [4.69, 9.17) is 8.83 Å². The number of fused-ring (bicyclic) bond motifs is 21. The molecule has 6 nitrogen and oxygen atoms in total. The summed E-state index contributed by atoms with van der Waals surface area (Å²) in [6.45, 7) is 0. The molecule has 24 aromatic rings. The van der Waals surface area contributed by atoms with Gasteiger partial charge in [0.2, 0.25) is 0 Å². The summed E-state index contributed by atoms with van der Waals surface area (Å²) < 4.78 is 25.0. The molecule has 24 rings (SSSR count). The zero-order chi connectivity index (χ0) is 71.4. The summed E-state index contributed by atoms with van der Waals surface area (Å²) in [7, 11) is 0. The average Bonchev–Trinajstić information content (AvgIpc) is 1.57. The van der Waals surface area contributed by atoms with Crippen LogP contribution in [0.4, 0.5) is 0 Å². The maximum absolute atomic E-state index is 6.47. The van der Waals surface area contributed by atoms with E-state index in [0.29, 0.717) is 0 Å². The molecule has 508 valence electrons. The predicted molar refractivity (Wildman–Crippen MR) is 459 cm³/mol. The predicted octanol–water partition coefficient (Wildman–Crippen LogP) is 28.6. The van der Waals surface area contributed by atoms with Gasteiger partial charge in [0.05, 0.1) is 44.1 Å². The summed E-state index contributed by atoms with van der Waals surface area (Å²) in [5.74, 6) is 0. The van der Waals surface area contributed by atoms with Crippen molar-refractivity contribution in [3.05, 3.63) is 376 Å². The van der Waals surface area contributed by atoms with Gasteiger partial charge in [0.1, 0.15) is 22.3 Å². The van der Waals surface area contributed by atoms with E-state index in [2.05, 4.69) is 376 Å². The second-order valence-corrected chi connectivity index (χ2v) is 29.7. The lowest BCUT2D eigenvalue weighted by Gasteiger charge is -2.11. The minimum absolute atomic E-state index is 0.906. The Labute approximate surface area is 628 Å². The molecule has 0 bridgehead atoms. The van der Waals surface area contributed by atoms with Crippen LogP contribution in [0.5, 0.6) is 0 Å². The van der Waals surface area contributed by atoms with Gasteiger partial charge in [-0.2, -0.15) is 0 Å². The van der Waals surface area contributed by atoms with Crippen LogP contribution in [0.25, 0.3) is 219 Å². The van der Waals surface area contributed by atoms with Crippen LogP contribution in [0, 0.1) is 0 Å². The van der Waals surface area contributed by atoms with Crippen LogP contribution < -0.4 is 0 Å². The summed E-state index contributed by atoms with van der Waals surface area (Å²) in [5, 5.41) is 17.0. The van der Waals surface area contributed by atoms with Gasteiger partial charge in [-0.25, -0.2) is 0 Å². The van der Waals surface area contributed by atoms with Gasteiger partial charge in [-0.15, -0.1) is 11.3 Å². The van der Waals surface area contributed by atoms with Crippen molar-refractivity contribution in [2.24, 2.45) is 0 Å². The van der Waals surface area contributed by atoms with E-state index in [1.807, 2.05) is 29.5 Å². The Morgan fingerprint density at radius 3 is 1.16 bits per heavy atom. The summed E-state index contributed by atoms with van der Waals surface area (Å²) in [4.78, 5) is 0. The maximum Gasteiger partial charge on any atom is 0.136 e. The molecule has 7 heteroatoms. The van der Waals surface area contributed by atoms with Crippen molar-refractivity contribution in [1.29, 1.82) is 0 Å². The molecular weight excluding hydrogens is 1350 g/mol. The average molecular weight is 1410 g/mol. The molecule has 0 radical (unpaired) electrons. The zero-order valence-electron chi connectivity index (χ0n) is 58.8. The Kier molecular flexibility index (Phi) is 13.5. The number of furan rings is 2. The number of hydrogen-bond acceptors (Lipinski definition) is 3. The molecule has 0 N–H and O–H groups in total. The monoisotopic (exact) mass is 1410 g/mol. The van der Waals surface area contributed by atoms with Gasteiger partial charge in [0.25, 0.3) is 0 Å². The lowest BCUT2D eigenvalue weighted by molar-refractivity contribution is 0.669. The van der Waals surface area contributed by atoms with Crippen LogP contribution in [0.15, 0.2) is 385 Å². The van der Waals surface area contributed by atoms with E-state index in [1.54, 1.807) is 0 Å². The summed E-state index contributed by atoms with van der Waals surface area (Å²) >= 11 is 1.88. The van der Waals surface area contributed by atoms with Crippen molar-refractivity contribution >= 4 is 163 Å². The third kappa shape index (κ3) is 9.60. The van der Waals surface area contributed by atoms with Gasteiger partial charge in [-0.3, -0.25) is 0 Å². The molecule has 0 atom stereocenters. The molecule has 0 saturated heterocycles. The Bertz CT molecular complexity index is 7840. The van der Waals surface area contributed by atoms with Crippen LogP contribution in [0.1, 0.15) is 0 Å². The molecule has 0 spiro atoms. The smallest absolute Gasteiger partial charge is 0.136 e. The molecule has 0 unspecified atom stereocenters. The van der Waals surface area contributed by atoms with E-state index >= 15 is 0 Å². The van der Waals surface area contributed by atoms with Gasteiger partial charge in [0.15, 0.2) is 0 Å². The number of para-hydroxylation sites is 6. The summed E-state index contributed by atoms with van der Waals surface area (Å²) in [6, 6.07) is 136. The highest BCUT2D eigenvalue weighted by Crippen LogP contribution is 2.46. The van der Waals surface area contributed by atoms with E-state index in [1.165, 1.54) is 146 Å². The first kappa shape index (κ1) is 61.1. The van der Waals surface area contributed by atoms with Crippen molar-refractivity contribution in [1.82, 2.24) is 18.3 Å². The van der Waals surface area contributed by atoms with Crippen molar-refractivity contribution in [2.45, 2.75) is 0 Å². The van der Waals surface area contributed by atoms with Crippen molar-refractivity contribution in [3.63, 3.8) is 0 Å². The number of aromatic nitrogens is 4. The molecule has 0 saturated carbocycles. The molecule has 0 amide bonds. The van der Waals surface area contributed by atoms with Gasteiger partial charge in [-0.1, -0.05) is 237 Å². The minimum Gasteiger partial charge on any atom is -0.456 e. The third-order valence-electron chi connectivity index (χ3n) is 22.6. The lowest BCUT2D eigenvalue weighted by atomic mass is 10.0. The van der Waals surface area contributed by atoms with Crippen LogP contribution in [-0.2, 0) is 0 Å². The second-order valence-electron chi connectivity index (χ2n) is 28.6. The van der Waals surface area contributed by atoms with Gasteiger partial charge < -0.3 is 27.1 Å². The quantitative estimate of drug-likeness (QED) is 0.152. The lowest BCUT2D eigenvalue weighted by Crippen LogP contribution is -1.94. The number of rotatable bonds is 8. The third-order valence-corrected chi connectivity index (χ3v) is 23.9. The van der Waals surface area contributed by atoms with Gasteiger partial charge in [-0.05, 0) is 184 Å². The molecule has 0 aliphatic rings. The van der Waals surface area contributed by atoms with Gasteiger partial charge >= 0.3 is 0 Å². The first-order valence-electron chi connectivity index (χ1n) is 37.2. The van der Waals surface area contributed by atoms with Crippen LogP contribution in [0.3, 0.4) is 0 Å². The molecule has 17 aromatic carbocycles. The SMILES string of the molecule is c1ccc(-c2cccc(-n3c4ccccc4c4cc(-c5ccc(-n6c7ccccc7c7cc8oc9ccccc9c8cc76)cc5)ccc43)c2)cc1.c1ccc(-n2c3ccccc3c3ccc(-c4ccc(-n5c6ccc(-c7cccc8c7sc7ccccc78)cc6c6cc7oc8ccccc8c7cc65)cc4)cc32)cc1. The molecule has 7 heterocycles.